The number of nitrogens with one attached hydrogen (secondary N) is 1. The number of nitrogens with zero attached hydrogens (tertiary/aromatic N) is 3. The summed E-state index contributed by atoms with van der Waals surface area (Å²) in [4.78, 5) is 18.6. The molecule has 0 radical (unpaired) electrons. The standard InChI is InChI=1S/C26H30N4O2S/c1-16-12-17(2)14-20(13-16)30-18(3)15-21(19(30)4)25-24(22-8-6-7-10-27-22)28-26(33)29(25)11-9-23(31)32-5/h6-8,10,12-15,24-25H,9,11H2,1-5H3,(H,28,33)/t24-,25+/m1/s1. The van der Waals surface area contributed by atoms with E-state index in [-0.39, 0.29) is 24.5 Å². The lowest BCUT2D eigenvalue weighted by Gasteiger charge is -2.28. The molecule has 0 amide bonds. The Morgan fingerprint density at radius 1 is 1.12 bits per heavy atom. The van der Waals surface area contributed by atoms with Gasteiger partial charge in [0.25, 0.3) is 0 Å². The molecule has 2 atom stereocenters. The zero-order valence-corrected chi connectivity index (χ0v) is 20.6. The summed E-state index contributed by atoms with van der Waals surface area (Å²) in [5.74, 6) is -0.251. The van der Waals surface area contributed by atoms with Gasteiger partial charge in [0, 0.05) is 29.8 Å². The third-order valence-electron chi connectivity index (χ3n) is 6.24. The average Bonchev–Trinajstić information content (AvgIpc) is 3.26. The van der Waals surface area contributed by atoms with Gasteiger partial charge >= 0.3 is 5.97 Å². The minimum Gasteiger partial charge on any atom is -0.469 e. The van der Waals surface area contributed by atoms with Gasteiger partial charge in [-0.05, 0) is 86.9 Å². The molecule has 1 N–H and O–H groups in total. The molecule has 0 unspecified atom stereocenters. The first-order chi connectivity index (χ1) is 15.8. The predicted octanol–water partition coefficient (Wildman–Crippen LogP) is 4.64. The summed E-state index contributed by atoms with van der Waals surface area (Å²) in [5, 5.41) is 4.08. The van der Waals surface area contributed by atoms with Gasteiger partial charge in [0.1, 0.15) is 0 Å². The van der Waals surface area contributed by atoms with Crippen molar-refractivity contribution >= 4 is 23.3 Å². The van der Waals surface area contributed by atoms with Gasteiger partial charge in [-0.15, -0.1) is 0 Å². The van der Waals surface area contributed by atoms with E-state index in [2.05, 4.69) is 71.7 Å². The van der Waals surface area contributed by atoms with Crippen LogP contribution in [0.15, 0.2) is 48.7 Å². The summed E-state index contributed by atoms with van der Waals surface area (Å²) >= 11 is 5.72. The summed E-state index contributed by atoms with van der Waals surface area (Å²) < 4.78 is 7.18. The largest absolute Gasteiger partial charge is 0.469 e. The lowest BCUT2D eigenvalue weighted by atomic mass is 9.96. The van der Waals surface area contributed by atoms with Gasteiger partial charge in [-0.3, -0.25) is 9.78 Å². The zero-order chi connectivity index (χ0) is 23.7. The lowest BCUT2D eigenvalue weighted by Crippen LogP contribution is -2.32. The van der Waals surface area contributed by atoms with Crippen LogP contribution in [0.2, 0.25) is 0 Å². The fourth-order valence-electron chi connectivity index (χ4n) is 4.86. The van der Waals surface area contributed by atoms with Gasteiger partial charge in [-0.2, -0.15) is 0 Å². The molecule has 0 bridgehead atoms. The minimum atomic E-state index is -0.251. The van der Waals surface area contributed by atoms with Crippen LogP contribution in [0.25, 0.3) is 5.69 Å². The summed E-state index contributed by atoms with van der Waals surface area (Å²) in [7, 11) is 1.41. The van der Waals surface area contributed by atoms with Crippen molar-refractivity contribution in [1.82, 2.24) is 19.8 Å². The molecule has 1 aliphatic rings. The van der Waals surface area contributed by atoms with Crippen LogP contribution in [0.1, 0.15) is 52.3 Å². The van der Waals surface area contributed by atoms with Crippen molar-refractivity contribution in [3.05, 3.63) is 82.4 Å². The van der Waals surface area contributed by atoms with Crippen LogP contribution in [0, 0.1) is 27.7 Å². The molecule has 3 heterocycles. The number of pyridine rings is 1. The third kappa shape index (κ3) is 4.50. The molecule has 4 rings (SSSR count). The average molecular weight is 463 g/mol. The van der Waals surface area contributed by atoms with E-state index in [1.165, 1.54) is 23.8 Å². The number of methoxy groups -OCH3 is 1. The molecule has 1 saturated heterocycles. The molecule has 2 aromatic heterocycles. The van der Waals surface area contributed by atoms with E-state index >= 15 is 0 Å². The fourth-order valence-corrected chi connectivity index (χ4v) is 5.19. The first-order valence-electron chi connectivity index (χ1n) is 11.1. The molecule has 0 saturated carbocycles. The predicted molar refractivity (Wildman–Crippen MR) is 134 cm³/mol. The lowest BCUT2D eigenvalue weighted by molar-refractivity contribution is -0.140. The fraction of sp³-hybridized carbons (Fsp3) is 0.346. The Morgan fingerprint density at radius 2 is 1.85 bits per heavy atom. The van der Waals surface area contributed by atoms with E-state index in [4.69, 9.17) is 17.0 Å². The van der Waals surface area contributed by atoms with Crippen LogP contribution in [0.4, 0.5) is 0 Å². The number of rotatable bonds is 6. The van der Waals surface area contributed by atoms with Crippen LogP contribution < -0.4 is 5.32 Å². The summed E-state index contributed by atoms with van der Waals surface area (Å²) in [6, 6.07) is 14.5. The topological polar surface area (TPSA) is 59.4 Å². The smallest absolute Gasteiger partial charge is 0.307 e. The van der Waals surface area contributed by atoms with Crippen LogP contribution >= 0.6 is 12.2 Å². The third-order valence-corrected chi connectivity index (χ3v) is 6.59. The second-order valence-corrected chi connectivity index (χ2v) is 9.04. The zero-order valence-electron chi connectivity index (χ0n) is 19.8. The second kappa shape index (κ2) is 9.35. The number of hydrogen-bond acceptors (Lipinski definition) is 4. The van der Waals surface area contributed by atoms with Gasteiger partial charge in [-0.1, -0.05) is 12.1 Å². The Hall–Kier alpha value is -3.19. The van der Waals surface area contributed by atoms with E-state index in [9.17, 15) is 4.79 Å². The van der Waals surface area contributed by atoms with E-state index in [1.54, 1.807) is 6.20 Å². The summed E-state index contributed by atoms with van der Waals surface area (Å²) in [6.07, 6.45) is 2.06. The Bertz CT molecular complexity index is 1170. The maximum absolute atomic E-state index is 11.9. The molecule has 1 aromatic carbocycles. The Morgan fingerprint density at radius 3 is 2.48 bits per heavy atom. The monoisotopic (exact) mass is 462 g/mol. The number of carbonyl (C=O) groups is 1. The van der Waals surface area contributed by atoms with Gasteiger partial charge in [0.15, 0.2) is 5.11 Å². The van der Waals surface area contributed by atoms with Crippen molar-refractivity contribution in [1.29, 1.82) is 0 Å². The maximum Gasteiger partial charge on any atom is 0.307 e. The first kappa shape index (κ1) is 23.0. The molecule has 6 nitrogen and oxygen atoms in total. The molecule has 7 heteroatoms. The number of thiocarbonyl (C=S) groups is 1. The van der Waals surface area contributed by atoms with Gasteiger partial charge < -0.3 is 19.5 Å². The van der Waals surface area contributed by atoms with Crippen molar-refractivity contribution in [3.8, 4) is 5.69 Å². The van der Waals surface area contributed by atoms with Crippen LogP contribution in [0.5, 0.6) is 0 Å². The molecule has 1 aliphatic heterocycles. The van der Waals surface area contributed by atoms with E-state index in [0.29, 0.717) is 11.7 Å². The molecular formula is C26H30N4O2S. The Balaban J connectivity index is 1.81. The number of esters is 1. The highest BCUT2D eigenvalue weighted by atomic mass is 32.1. The highest BCUT2D eigenvalue weighted by molar-refractivity contribution is 7.80. The number of aromatic nitrogens is 2. The van der Waals surface area contributed by atoms with Crippen molar-refractivity contribution in [2.45, 2.75) is 46.2 Å². The van der Waals surface area contributed by atoms with Gasteiger partial charge in [-0.25, -0.2) is 0 Å². The summed E-state index contributed by atoms with van der Waals surface area (Å²) in [6.45, 7) is 8.99. The molecule has 33 heavy (non-hydrogen) atoms. The van der Waals surface area contributed by atoms with E-state index in [1.807, 2.05) is 18.2 Å². The Kier molecular flexibility index (Phi) is 6.51. The highest BCUT2D eigenvalue weighted by Crippen LogP contribution is 2.41. The molecule has 3 aromatic rings. The van der Waals surface area contributed by atoms with Crippen LogP contribution in [0.3, 0.4) is 0 Å². The number of hydrogen-bond donors (Lipinski definition) is 1. The van der Waals surface area contributed by atoms with Gasteiger partial charge in [0.2, 0.25) is 0 Å². The van der Waals surface area contributed by atoms with E-state index < -0.39 is 0 Å². The number of aryl methyl sites for hydroxylation is 3. The molecular weight excluding hydrogens is 432 g/mol. The quantitative estimate of drug-likeness (QED) is 0.425. The van der Waals surface area contributed by atoms with Crippen molar-refractivity contribution in [3.63, 3.8) is 0 Å². The van der Waals surface area contributed by atoms with E-state index in [0.717, 1.165) is 22.8 Å². The summed E-state index contributed by atoms with van der Waals surface area (Å²) in [5.41, 5.74) is 8.00. The molecule has 172 valence electrons. The number of carbonyl (C=O) groups excluding carboxylic acids is 1. The highest BCUT2D eigenvalue weighted by Gasteiger charge is 2.41. The second-order valence-electron chi connectivity index (χ2n) is 8.65. The minimum absolute atomic E-state index is 0.0945. The molecule has 0 aliphatic carbocycles. The normalized spacial score (nSPS) is 17.8. The van der Waals surface area contributed by atoms with Crippen LogP contribution in [-0.4, -0.2) is 39.2 Å². The molecule has 1 fully saturated rings. The SMILES string of the molecule is COC(=O)CCN1C(=S)N[C@H](c2ccccn2)[C@@H]1c1cc(C)n(-c2cc(C)cc(C)c2)c1C. The van der Waals surface area contributed by atoms with Crippen molar-refractivity contribution < 1.29 is 9.53 Å². The Labute approximate surface area is 200 Å². The first-order valence-corrected chi connectivity index (χ1v) is 11.5. The van der Waals surface area contributed by atoms with Crippen molar-refractivity contribution in [2.24, 2.45) is 0 Å². The maximum atomic E-state index is 11.9. The number of ether oxygens (including phenoxy) is 1. The van der Waals surface area contributed by atoms with Crippen LogP contribution in [-0.2, 0) is 9.53 Å². The number of benzene rings is 1. The molecule has 0 spiro atoms. The van der Waals surface area contributed by atoms with Crippen molar-refractivity contribution in [2.75, 3.05) is 13.7 Å². The van der Waals surface area contributed by atoms with Gasteiger partial charge in [0.05, 0.1) is 31.3 Å².